The molecule has 1 saturated carbocycles. The van der Waals surface area contributed by atoms with Crippen molar-refractivity contribution < 1.29 is 18.7 Å². The monoisotopic (exact) mass is 334 g/mol. The van der Waals surface area contributed by atoms with Crippen LogP contribution in [0.4, 0.5) is 4.79 Å². The molecule has 2 N–H and O–H groups in total. The van der Waals surface area contributed by atoms with Crippen molar-refractivity contribution in [2.24, 2.45) is 5.92 Å². The standard InChI is InChI=1S/C18H26N2O4/c1-17(2,3)24-16(22)19-12-18(4,13-7-8-13)20-15(21)10-9-14-6-5-11-23-14/h5-6,9-11,13H,7-8,12H2,1-4H3,(H,19,22)(H,20,21)/b10-9+. The Morgan fingerprint density at radius 1 is 1.33 bits per heavy atom. The largest absolute Gasteiger partial charge is 0.465 e. The van der Waals surface area contributed by atoms with Crippen molar-refractivity contribution in [2.75, 3.05) is 6.54 Å². The Balaban J connectivity index is 1.90. The Hall–Kier alpha value is -2.24. The summed E-state index contributed by atoms with van der Waals surface area (Å²) >= 11 is 0. The van der Waals surface area contributed by atoms with E-state index in [1.165, 1.54) is 6.08 Å². The third-order valence-electron chi connectivity index (χ3n) is 3.83. The van der Waals surface area contributed by atoms with Gasteiger partial charge in [-0.2, -0.15) is 0 Å². The van der Waals surface area contributed by atoms with E-state index < -0.39 is 17.2 Å². The van der Waals surface area contributed by atoms with Gasteiger partial charge in [-0.3, -0.25) is 4.79 Å². The van der Waals surface area contributed by atoms with Gasteiger partial charge < -0.3 is 19.8 Å². The molecule has 2 rings (SSSR count). The molecule has 132 valence electrons. The van der Waals surface area contributed by atoms with Crippen molar-refractivity contribution in [1.82, 2.24) is 10.6 Å². The number of carbonyl (C=O) groups excluding carboxylic acids is 2. The van der Waals surface area contributed by atoms with E-state index >= 15 is 0 Å². The highest BCUT2D eigenvalue weighted by molar-refractivity contribution is 5.92. The molecule has 6 heteroatoms. The lowest BCUT2D eigenvalue weighted by atomic mass is 9.95. The van der Waals surface area contributed by atoms with Crippen molar-refractivity contribution in [3.8, 4) is 0 Å². The first-order valence-electron chi connectivity index (χ1n) is 8.18. The average molecular weight is 334 g/mol. The topological polar surface area (TPSA) is 80.6 Å². The molecule has 24 heavy (non-hydrogen) atoms. The van der Waals surface area contributed by atoms with E-state index in [0.717, 1.165) is 12.8 Å². The number of hydrogen-bond donors (Lipinski definition) is 2. The van der Waals surface area contributed by atoms with E-state index in [1.807, 2.05) is 27.7 Å². The van der Waals surface area contributed by atoms with Crippen LogP contribution in [0.2, 0.25) is 0 Å². The van der Waals surface area contributed by atoms with Crippen LogP contribution in [0.15, 0.2) is 28.9 Å². The molecule has 0 aromatic carbocycles. The number of carbonyl (C=O) groups is 2. The number of amides is 2. The van der Waals surface area contributed by atoms with E-state index in [-0.39, 0.29) is 5.91 Å². The molecule has 0 bridgehead atoms. The van der Waals surface area contributed by atoms with Crippen molar-refractivity contribution >= 4 is 18.1 Å². The fraction of sp³-hybridized carbons (Fsp3) is 0.556. The molecule has 1 aromatic heterocycles. The summed E-state index contributed by atoms with van der Waals surface area (Å²) in [6, 6.07) is 3.53. The third-order valence-corrected chi connectivity index (χ3v) is 3.83. The SMILES string of the molecule is CC(C)(C)OC(=O)NCC(C)(NC(=O)/C=C/c1ccco1)C1CC1. The predicted octanol–water partition coefficient (Wildman–Crippen LogP) is 3.10. The molecular formula is C18H26N2O4. The number of nitrogens with one attached hydrogen (secondary N) is 2. The fourth-order valence-corrected chi connectivity index (χ4v) is 2.45. The zero-order valence-corrected chi connectivity index (χ0v) is 14.7. The Kier molecular flexibility index (Phi) is 5.36. The first-order valence-corrected chi connectivity index (χ1v) is 8.18. The zero-order chi connectivity index (χ0) is 17.8. The summed E-state index contributed by atoms with van der Waals surface area (Å²) in [5.41, 5.74) is -1.05. The van der Waals surface area contributed by atoms with Crippen LogP contribution in [0.3, 0.4) is 0 Å². The molecule has 0 radical (unpaired) electrons. The van der Waals surface area contributed by atoms with Crippen LogP contribution in [0.25, 0.3) is 6.08 Å². The third kappa shape index (κ3) is 5.76. The van der Waals surface area contributed by atoms with E-state index in [0.29, 0.717) is 18.2 Å². The Bertz CT molecular complexity index is 597. The lowest BCUT2D eigenvalue weighted by Gasteiger charge is -2.31. The second kappa shape index (κ2) is 7.11. The van der Waals surface area contributed by atoms with Gasteiger partial charge in [0, 0.05) is 12.6 Å². The summed E-state index contributed by atoms with van der Waals surface area (Å²) in [5.74, 6) is 0.755. The maximum absolute atomic E-state index is 12.2. The van der Waals surface area contributed by atoms with Crippen LogP contribution in [-0.2, 0) is 9.53 Å². The van der Waals surface area contributed by atoms with Gasteiger partial charge in [0.25, 0.3) is 0 Å². The summed E-state index contributed by atoms with van der Waals surface area (Å²) < 4.78 is 10.4. The van der Waals surface area contributed by atoms with Crippen LogP contribution in [0.5, 0.6) is 0 Å². The van der Waals surface area contributed by atoms with Crippen LogP contribution < -0.4 is 10.6 Å². The Morgan fingerprint density at radius 3 is 2.58 bits per heavy atom. The molecule has 1 aromatic rings. The highest BCUT2D eigenvalue weighted by Gasteiger charge is 2.42. The molecule has 1 heterocycles. The van der Waals surface area contributed by atoms with Gasteiger partial charge in [-0.05, 0) is 64.7 Å². The number of alkyl carbamates (subject to hydrolysis) is 1. The molecular weight excluding hydrogens is 308 g/mol. The molecule has 1 aliphatic carbocycles. The molecule has 2 amide bonds. The molecule has 1 atom stereocenters. The van der Waals surface area contributed by atoms with E-state index in [2.05, 4.69) is 10.6 Å². The second-order valence-electron chi connectivity index (χ2n) is 7.39. The van der Waals surface area contributed by atoms with Crippen LogP contribution in [0.1, 0.15) is 46.3 Å². The van der Waals surface area contributed by atoms with Crippen molar-refractivity contribution in [1.29, 1.82) is 0 Å². The zero-order valence-electron chi connectivity index (χ0n) is 14.7. The second-order valence-corrected chi connectivity index (χ2v) is 7.39. The molecule has 1 aliphatic rings. The molecule has 1 unspecified atom stereocenters. The van der Waals surface area contributed by atoms with Gasteiger partial charge in [0.05, 0.1) is 11.8 Å². The van der Waals surface area contributed by atoms with Gasteiger partial charge in [0.15, 0.2) is 0 Å². The average Bonchev–Trinajstić information content (AvgIpc) is 3.20. The van der Waals surface area contributed by atoms with Crippen molar-refractivity contribution in [3.05, 3.63) is 30.2 Å². The number of ether oxygens (including phenoxy) is 1. The highest BCUT2D eigenvalue weighted by atomic mass is 16.6. The molecule has 0 saturated heterocycles. The van der Waals surface area contributed by atoms with E-state index in [1.54, 1.807) is 24.5 Å². The fourth-order valence-electron chi connectivity index (χ4n) is 2.45. The number of furan rings is 1. The Labute approximate surface area is 142 Å². The minimum atomic E-state index is -0.547. The van der Waals surface area contributed by atoms with E-state index in [9.17, 15) is 9.59 Å². The van der Waals surface area contributed by atoms with Crippen LogP contribution >= 0.6 is 0 Å². The van der Waals surface area contributed by atoms with Gasteiger partial charge in [-0.25, -0.2) is 4.79 Å². The first kappa shape index (κ1) is 18.1. The summed E-state index contributed by atoms with van der Waals surface area (Å²) in [4.78, 5) is 24.0. The normalized spacial score (nSPS) is 17.3. The van der Waals surface area contributed by atoms with Crippen molar-refractivity contribution in [3.63, 3.8) is 0 Å². The summed E-state index contributed by atoms with van der Waals surface area (Å²) in [5, 5.41) is 5.76. The molecule has 6 nitrogen and oxygen atoms in total. The summed E-state index contributed by atoms with van der Waals surface area (Å²) in [7, 11) is 0. The predicted molar refractivity (Wildman–Crippen MR) is 91.3 cm³/mol. The van der Waals surface area contributed by atoms with E-state index in [4.69, 9.17) is 9.15 Å². The lowest BCUT2D eigenvalue weighted by Crippen LogP contribution is -2.55. The van der Waals surface area contributed by atoms with Gasteiger partial charge in [-0.15, -0.1) is 0 Å². The highest BCUT2D eigenvalue weighted by Crippen LogP contribution is 2.39. The first-order chi connectivity index (χ1) is 11.2. The minimum absolute atomic E-state index is 0.216. The molecule has 0 aliphatic heterocycles. The number of hydrogen-bond acceptors (Lipinski definition) is 4. The molecule has 0 spiro atoms. The van der Waals surface area contributed by atoms with Crippen LogP contribution in [-0.4, -0.2) is 29.7 Å². The van der Waals surface area contributed by atoms with Gasteiger partial charge in [0.1, 0.15) is 11.4 Å². The maximum Gasteiger partial charge on any atom is 0.407 e. The van der Waals surface area contributed by atoms with Crippen molar-refractivity contribution in [2.45, 2.75) is 51.7 Å². The smallest absolute Gasteiger partial charge is 0.407 e. The van der Waals surface area contributed by atoms with Gasteiger partial charge >= 0.3 is 6.09 Å². The maximum atomic E-state index is 12.2. The number of rotatable bonds is 6. The molecule has 1 fully saturated rings. The van der Waals surface area contributed by atoms with Gasteiger partial charge in [0.2, 0.25) is 5.91 Å². The lowest BCUT2D eigenvalue weighted by molar-refractivity contribution is -0.118. The van der Waals surface area contributed by atoms with Crippen LogP contribution in [0, 0.1) is 5.92 Å². The quantitative estimate of drug-likeness (QED) is 0.783. The Morgan fingerprint density at radius 2 is 2.04 bits per heavy atom. The summed E-state index contributed by atoms with van der Waals surface area (Å²) in [6.07, 6.45) is 6.20. The minimum Gasteiger partial charge on any atom is -0.465 e. The summed E-state index contributed by atoms with van der Waals surface area (Å²) in [6.45, 7) is 7.71. The van der Waals surface area contributed by atoms with Gasteiger partial charge in [-0.1, -0.05) is 0 Å².